The van der Waals surface area contributed by atoms with Gasteiger partial charge in [0.05, 0.1) is 5.57 Å². The number of carbonyl (C=O) groups excluding carboxylic acids is 1. The van der Waals surface area contributed by atoms with Gasteiger partial charge in [0, 0.05) is 4.47 Å². The summed E-state index contributed by atoms with van der Waals surface area (Å²) in [5, 5.41) is 10.6. The molecule has 2 aliphatic rings. The Labute approximate surface area is 140 Å². The van der Waals surface area contributed by atoms with E-state index in [4.69, 9.17) is 5.41 Å². The number of alkyl halides is 3. The molecule has 0 saturated carbocycles. The van der Waals surface area contributed by atoms with Crippen LogP contribution in [-0.2, 0) is 4.79 Å². The van der Waals surface area contributed by atoms with Crippen LogP contribution in [0, 0.1) is 5.41 Å². The molecule has 0 atom stereocenters. The number of nitrogens with one attached hydrogen (secondary N) is 1. The maximum atomic E-state index is 12.7. The van der Waals surface area contributed by atoms with Gasteiger partial charge in [0.25, 0.3) is 5.91 Å². The van der Waals surface area contributed by atoms with Crippen molar-refractivity contribution in [1.29, 1.82) is 5.41 Å². The number of fused-ring (bicyclic) bond motifs is 1. The molecule has 3 rings (SSSR count). The third-order valence-corrected chi connectivity index (χ3v) is 4.30. The van der Waals surface area contributed by atoms with Crippen LogP contribution in [0.25, 0.3) is 6.08 Å². The van der Waals surface area contributed by atoms with Crippen LogP contribution in [-0.4, -0.2) is 33.1 Å². The molecule has 0 bridgehead atoms. The lowest BCUT2D eigenvalue weighted by molar-refractivity contribution is -0.114. The summed E-state index contributed by atoms with van der Waals surface area (Å²) in [6.45, 7) is 0. The summed E-state index contributed by atoms with van der Waals surface area (Å²) in [4.78, 5) is 15.6. The number of rotatable bonds is 1. The van der Waals surface area contributed by atoms with Gasteiger partial charge in [-0.25, -0.2) is 0 Å². The Morgan fingerprint density at radius 1 is 1.35 bits per heavy atom. The van der Waals surface area contributed by atoms with Crippen molar-refractivity contribution < 1.29 is 18.0 Å². The standard InChI is InChI=1S/C13H6BrF3N4OS/c14-7-3-1-2-6(4-7)5-8-9(18)21-12(19-10(8)22)23-11(20-21)13(15,16)17/h1-5,18H/b8-5+,18-9?. The molecule has 1 aromatic rings. The monoisotopic (exact) mass is 402 g/mol. The smallest absolute Gasteiger partial charge is 0.282 e. The number of hydrazone groups is 1. The van der Waals surface area contributed by atoms with E-state index in [0.717, 1.165) is 9.48 Å². The Morgan fingerprint density at radius 2 is 2.09 bits per heavy atom. The van der Waals surface area contributed by atoms with Gasteiger partial charge in [0.2, 0.25) is 10.2 Å². The highest BCUT2D eigenvalue weighted by Crippen LogP contribution is 2.35. The van der Waals surface area contributed by atoms with E-state index in [9.17, 15) is 18.0 Å². The number of nitrogens with zero attached hydrogens (tertiary/aromatic N) is 3. The van der Waals surface area contributed by atoms with Crippen LogP contribution in [0.15, 0.2) is 44.4 Å². The molecule has 118 valence electrons. The van der Waals surface area contributed by atoms with Gasteiger partial charge in [-0.3, -0.25) is 10.2 Å². The largest absolute Gasteiger partial charge is 0.441 e. The minimum Gasteiger partial charge on any atom is -0.282 e. The molecule has 0 fully saturated rings. The highest BCUT2D eigenvalue weighted by atomic mass is 79.9. The van der Waals surface area contributed by atoms with Crippen molar-refractivity contribution in [3.8, 4) is 0 Å². The number of carbonyl (C=O) groups is 1. The second-order valence-corrected chi connectivity index (χ2v) is 6.35. The summed E-state index contributed by atoms with van der Waals surface area (Å²) in [5.41, 5.74) is 0.484. The zero-order valence-corrected chi connectivity index (χ0v) is 13.5. The first-order valence-corrected chi connectivity index (χ1v) is 7.69. The number of aliphatic imine (C=N–C) groups is 1. The van der Waals surface area contributed by atoms with Crippen LogP contribution < -0.4 is 0 Å². The van der Waals surface area contributed by atoms with E-state index in [1.54, 1.807) is 24.3 Å². The summed E-state index contributed by atoms with van der Waals surface area (Å²) in [6.07, 6.45) is -3.26. The predicted octanol–water partition coefficient (Wildman–Crippen LogP) is 3.63. The van der Waals surface area contributed by atoms with Crippen molar-refractivity contribution in [2.75, 3.05) is 0 Å². The summed E-state index contributed by atoms with van der Waals surface area (Å²) in [5.74, 6) is -1.21. The van der Waals surface area contributed by atoms with Gasteiger partial charge < -0.3 is 0 Å². The highest BCUT2D eigenvalue weighted by Gasteiger charge is 2.46. The van der Waals surface area contributed by atoms with Crippen LogP contribution in [0.3, 0.4) is 0 Å². The SMILES string of the molecule is N=C1/C(=C\c2cccc(Br)c2)C(=O)N=C2SC(C(F)(F)F)=NN12. The minimum atomic E-state index is -4.65. The molecule has 1 N–H and O–H groups in total. The zero-order chi connectivity index (χ0) is 16.8. The Kier molecular flexibility index (Phi) is 3.88. The van der Waals surface area contributed by atoms with Gasteiger partial charge in [-0.15, -0.1) is 0 Å². The lowest BCUT2D eigenvalue weighted by Gasteiger charge is -2.20. The lowest BCUT2D eigenvalue weighted by Crippen LogP contribution is -2.35. The maximum Gasteiger partial charge on any atom is 0.441 e. The topological polar surface area (TPSA) is 68.9 Å². The molecule has 0 unspecified atom stereocenters. The molecule has 5 nitrogen and oxygen atoms in total. The fourth-order valence-electron chi connectivity index (χ4n) is 1.87. The third kappa shape index (κ3) is 3.08. The molecular formula is C13H6BrF3N4OS. The van der Waals surface area contributed by atoms with Crippen LogP contribution in [0.5, 0.6) is 0 Å². The molecule has 0 saturated heterocycles. The molecule has 1 aromatic carbocycles. The van der Waals surface area contributed by atoms with Crippen LogP contribution in [0.1, 0.15) is 5.56 Å². The molecule has 0 radical (unpaired) electrons. The number of halogens is 4. The molecular weight excluding hydrogens is 397 g/mol. The fraction of sp³-hybridized carbons (Fsp3) is 0.0769. The Hall–Kier alpha value is -1.94. The van der Waals surface area contributed by atoms with E-state index in [2.05, 4.69) is 26.0 Å². The van der Waals surface area contributed by atoms with E-state index < -0.39 is 23.0 Å². The van der Waals surface area contributed by atoms with Gasteiger partial charge in [-0.2, -0.15) is 28.3 Å². The van der Waals surface area contributed by atoms with Crippen LogP contribution in [0.2, 0.25) is 0 Å². The average molecular weight is 403 g/mol. The second-order valence-electron chi connectivity index (χ2n) is 4.48. The van der Waals surface area contributed by atoms with Crippen molar-refractivity contribution in [1.82, 2.24) is 5.01 Å². The van der Waals surface area contributed by atoms with Gasteiger partial charge in [0.1, 0.15) is 0 Å². The first-order valence-electron chi connectivity index (χ1n) is 6.09. The molecule has 1 amide bonds. The Bertz CT molecular complexity index is 816. The average Bonchev–Trinajstić information content (AvgIpc) is 2.87. The Morgan fingerprint density at radius 3 is 2.74 bits per heavy atom. The summed E-state index contributed by atoms with van der Waals surface area (Å²) in [6, 6.07) is 6.91. The second kappa shape index (κ2) is 5.60. The number of amides is 1. The molecule has 0 spiro atoms. The summed E-state index contributed by atoms with van der Waals surface area (Å²) in [7, 11) is 0. The number of amidine groups is 2. The zero-order valence-electron chi connectivity index (χ0n) is 11.1. The quantitative estimate of drug-likeness (QED) is 0.729. The molecule has 2 heterocycles. The first-order chi connectivity index (χ1) is 10.8. The molecule has 10 heteroatoms. The molecule has 0 aromatic heterocycles. The van der Waals surface area contributed by atoms with E-state index in [-0.39, 0.29) is 22.5 Å². The van der Waals surface area contributed by atoms with Gasteiger partial charge in [0.15, 0.2) is 5.84 Å². The highest BCUT2D eigenvalue weighted by molar-refractivity contribution is 9.10. The van der Waals surface area contributed by atoms with Gasteiger partial charge >= 0.3 is 6.18 Å². The fourth-order valence-corrected chi connectivity index (χ4v) is 3.04. The maximum absolute atomic E-state index is 12.7. The number of thioether (sulfide) groups is 1. The van der Waals surface area contributed by atoms with E-state index in [0.29, 0.717) is 5.56 Å². The number of hydrogen-bond donors (Lipinski definition) is 1. The van der Waals surface area contributed by atoms with Crippen molar-refractivity contribution >= 4 is 55.7 Å². The van der Waals surface area contributed by atoms with E-state index >= 15 is 0 Å². The predicted molar refractivity (Wildman–Crippen MR) is 85.2 cm³/mol. The molecule has 0 aliphatic carbocycles. The molecule has 2 aliphatic heterocycles. The molecule has 23 heavy (non-hydrogen) atoms. The van der Waals surface area contributed by atoms with Crippen molar-refractivity contribution in [3.05, 3.63) is 39.9 Å². The third-order valence-electron chi connectivity index (χ3n) is 2.86. The Balaban J connectivity index is 1.99. The van der Waals surface area contributed by atoms with Crippen molar-refractivity contribution in [2.24, 2.45) is 10.1 Å². The summed E-state index contributed by atoms with van der Waals surface area (Å²) >= 11 is 3.50. The van der Waals surface area contributed by atoms with E-state index in [1.165, 1.54) is 6.08 Å². The normalized spacial score (nSPS) is 19.8. The van der Waals surface area contributed by atoms with Gasteiger partial charge in [-0.1, -0.05) is 28.1 Å². The minimum absolute atomic E-state index is 0.125. The van der Waals surface area contributed by atoms with Crippen molar-refractivity contribution in [3.63, 3.8) is 0 Å². The lowest BCUT2D eigenvalue weighted by atomic mass is 10.1. The van der Waals surface area contributed by atoms with Crippen LogP contribution in [0.4, 0.5) is 13.2 Å². The summed E-state index contributed by atoms with van der Waals surface area (Å²) < 4.78 is 38.9. The van der Waals surface area contributed by atoms with Crippen LogP contribution >= 0.6 is 27.7 Å². The van der Waals surface area contributed by atoms with E-state index in [1.807, 2.05) is 0 Å². The number of benzene rings is 1. The van der Waals surface area contributed by atoms with Crippen molar-refractivity contribution in [2.45, 2.75) is 6.18 Å². The first kappa shape index (κ1) is 15.9. The number of hydrogen-bond acceptors (Lipinski definition) is 4. The van der Waals surface area contributed by atoms with Gasteiger partial charge in [-0.05, 0) is 35.5 Å².